The molecule has 0 aliphatic carbocycles. The van der Waals surface area contributed by atoms with Crippen molar-refractivity contribution in [2.24, 2.45) is 5.92 Å². The summed E-state index contributed by atoms with van der Waals surface area (Å²) in [5.41, 5.74) is 6.37. The van der Waals surface area contributed by atoms with Gasteiger partial charge in [-0.2, -0.15) is 0 Å². The van der Waals surface area contributed by atoms with E-state index in [0.29, 0.717) is 18.5 Å². The highest BCUT2D eigenvalue weighted by atomic mass is 79.9. The van der Waals surface area contributed by atoms with Gasteiger partial charge in [-0.15, -0.1) is 0 Å². The van der Waals surface area contributed by atoms with E-state index in [0.717, 1.165) is 29.7 Å². The predicted octanol–water partition coefficient (Wildman–Crippen LogP) is 0.787. The smallest absolute Gasteiger partial charge is 0.239 e. The van der Waals surface area contributed by atoms with Gasteiger partial charge in [0.25, 0.3) is 0 Å². The molecule has 4 atom stereocenters. The van der Waals surface area contributed by atoms with E-state index in [1.807, 2.05) is 31.2 Å². The zero-order valence-corrected chi connectivity index (χ0v) is 14.7. The number of carbonyl (C=O) groups is 1. The van der Waals surface area contributed by atoms with Gasteiger partial charge in [0.05, 0.1) is 11.0 Å². The molecule has 0 aromatic heterocycles. The van der Waals surface area contributed by atoms with E-state index in [1.165, 1.54) is 0 Å². The minimum atomic E-state index is -0.191. The second kappa shape index (κ2) is 7.61. The molecule has 3 rings (SSSR count). The zero-order chi connectivity index (χ0) is 16.2. The van der Waals surface area contributed by atoms with Gasteiger partial charge in [0.1, 0.15) is 17.9 Å². The number of hydrogen-bond donors (Lipinski definition) is 4. The van der Waals surface area contributed by atoms with Crippen LogP contribution in [0.4, 0.5) is 0 Å². The van der Waals surface area contributed by atoms with Gasteiger partial charge >= 0.3 is 0 Å². The molecule has 6 nitrogen and oxygen atoms in total. The maximum absolute atomic E-state index is 12.4. The molecule has 2 saturated heterocycles. The maximum Gasteiger partial charge on any atom is 0.239 e. The van der Waals surface area contributed by atoms with Crippen molar-refractivity contribution in [3.05, 3.63) is 28.7 Å². The average Bonchev–Trinajstić information content (AvgIpc) is 2.99. The normalized spacial score (nSPS) is 28.0. The number of hydrogen-bond acceptors (Lipinski definition) is 5. The third kappa shape index (κ3) is 4.03. The lowest BCUT2D eigenvalue weighted by molar-refractivity contribution is -0.124. The maximum atomic E-state index is 12.4. The molecule has 0 radical (unpaired) electrons. The van der Waals surface area contributed by atoms with Gasteiger partial charge in [-0.1, -0.05) is 12.1 Å². The first-order valence-electron chi connectivity index (χ1n) is 8.06. The number of piperidine rings is 1. The summed E-state index contributed by atoms with van der Waals surface area (Å²) >= 11 is 3.46. The summed E-state index contributed by atoms with van der Waals surface area (Å²) in [6.07, 6.45) is 0.940. The van der Waals surface area contributed by atoms with Gasteiger partial charge in [-0.05, 0) is 48.0 Å². The predicted molar refractivity (Wildman–Crippen MR) is 92.1 cm³/mol. The van der Waals surface area contributed by atoms with E-state index in [9.17, 15) is 4.79 Å². The number of para-hydroxylation sites is 1. The fraction of sp³-hybridized carbons (Fsp3) is 0.562. The molecule has 2 heterocycles. The highest BCUT2D eigenvalue weighted by Gasteiger charge is 2.41. The molecule has 2 fully saturated rings. The van der Waals surface area contributed by atoms with Crippen LogP contribution in [0.1, 0.15) is 13.3 Å². The number of halogens is 1. The molecule has 126 valence electrons. The van der Waals surface area contributed by atoms with E-state index in [1.54, 1.807) is 0 Å². The number of benzene rings is 1. The molecular weight excluding hydrogens is 360 g/mol. The van der Waals surface area contributed by atoms with Crippen molar-refractivity contribution in [2.45, 2.75) is 31.5 Å². The summed E-state index contributed by atoms with van der Waals surface area (Å²) in [6, 6.07) is 7.89. The number of amides is 1. The van der Waals surface area contributed by atoms with Gasteiger partial charge in [0.2, 0.25) is 5.91 Å². The van der Waals surface area contributed by atoms with Crippen molar-refractivity contribution in [3.8, 4) is 5.75 Å². The van der Waals surface area contributed by atoms with Gasteiger partial charge < -0.3 is 15.4 Å². The molecule has 0 spiro atoms. The molecule has 1 aromatic rings. The van der Waals surface area contributed by atoms with Crippen LogP contribution in [0, 0.1) is 5.92 Å². The van der Waals surface area contributed by atoms with Gasteiger partial charge in [-0.25, -0.2) is 5.43 Å². The van der Waals surface area contributed by atoms with Crippen LogP contribution in [-0.4, -0.2) is 43.7 Å². The Balaban J connectivity index is 1.48. The lowest BCUT2D eigenvalue weighted by Gasteiger charge is -2.27. The zero-order valence-electron chi connectivity index (χ0n) is 13.1. The fourth-order valence-corrected chi connectivity index (χ4v) is 3.51. The van der Waals surface area contributed by atoms with E-state index in [4.69, 9.17) is 4.74 Å². The van der Waals surface area contributed by atoms with Crippen molar-refractivity contribution < 1.29 is 9.53 Å². The van der Waals surface area contributed by atoms with Crippen molar-refractivity contribution >= 4 is 21.8 Å². The summed E-state index contributed by atoms with van der Waals surface area (Å²) in [7, 11) is 0. The summed E-state index contributed by atoms with van der Waals surface area (Å²) < 4.78 is 6.77. The highest BCUT2D eigenvalue weighted by molar-refractivity contribution is 9.10. The Morgan fingerprint density at radius 1 is 1.43 bits per heavy atom. The summed E-state index contributed by atoms with van der Waals surface area (Å²) in [6.45, 7) is 4.29. The Kier molecular flexibility index (Phi) is 5.53. The van der Waals surface area contributed by atoms with Crippen LogP contribution in [-0.2, 0) is 4.79 Å². The van der Waals surface area contributed by atoms with Crippen LogP contribution in [0.15, 0.2) is 28.7 Å². The van der Waals surface area contributed by atoms with E-state index >= 15 is 0 Å². The van der Waals surface area contributed by atoms with E-state index in [2.05, 4.69) is 37.4 Å². The molecule has 23 heavy (non-hydrogen) atoms. The topological polar surface area (TPSA) is 74.4 Å². The Morgan fingerprint density at radius 3 is 3.09 bits per heavy atom. The number of hydrazine groups is 1. The van der Waals surface area contributed by atoms with Crippen LogP contribution < -0.4 is 26.2 Å². The molecule has 4 unspecified atom stereocenters. The van der Waals surface area contributed by atoms with E-state index in [-0.39, 0.29) is 18.1 Å². The first kappa shape index (κ1) is 16.7. The summed E-state index contributed by atoms with van der Waals surface area (Å²) in [5.74, 6) is 1.10. The van der Waals surface area contributed by atoms with Crippen LogP contribution in [0.3, 0.4) is 0 Å². The standard InChI is InChI=1S/C16H23BrN4O2/c1-10(23-14-5-3-2-4-12(14)17)8-19-16(22)15-11-9-18-7-6-13(11)20-21-15/h2-5,10-11,13,15,18,20-21H,6-9H2,1H3,(H,19,22). The third-order valence-corrected chi connectivity index (χ3v) is 5.05. The minimum Gasteiger partial charge on any atom is -0.488 e. The van der Waals surface area contributed by atoms with E-state index < -0.39 is 0 Å². The second-order valence-corrected chi connectivity index (χ2v) is 6.99. The summed E-state index contributed by atoms with van der Waals surface area (Å²) in [5, 5.41) is 6.34. The quantitative estimate of drug-likeness (QED) is 0.605. The number of rotatable bonds is 5. The monoisotopic (exact) mass is 382 g/mol. The molecular formula is C16H23BrN4O2. The average molecular weight is 383 g/mol. The summed E-state index contributed by atoms with van der Waals surface area (Å²) in [4.78, 5) is 12.4. The molecule has 1 amide bonds. The fourth-order valence-electron chi connectivity index (χ4n) is 3.13. The van der Waals surface area contributed by atoms with Crippen LogP contribution in [0.25, 0.3) is 0 Å². The largest absolute Gasteiger partial charge is 0.488 e. The lowest BCUT2D eigenvalue weighted by atomic mass is 9.89. The van der Waals surface area contributed by atoms with Crippen molar-refractivity contribution in [1.29, 1.82) is 0 Å². The second-order valence-electron chi connectivity index (χ2n) is 6.13. The Hall–Kier alpha value is -1.15. The number of carbonyl (C=O) groups excluding carboxylic acids is 1. The molecule has 0 bridgehead atoms. The Labute approximate surface area is 144 Å². The molecule has 4 N–H and O–H groups in total. The first-order chi connectivity index (χ1) is 11.1. The van der Waals surface area contributed by atoms with Gasteiger partial charge in [0, 0.05) is 18.5 Å². The third-order valence-electron chi connectivity index (χ3n) is 4.39. The SMILES string of the molecule is CC(CNC(=O)C1NNC2CCNCC21)Oc1ccccc1Br. The van der Waals surface area contributed by atoms with Gasteiger partial charge in [0.15, 0.2) is 0 Å². The van der Waals surface area contributed by atoms with Crippen molar-refractivity contribution in [2.75, 3.05) is 19.6 Å². The molecule has 0 saturated carbocycles. The number of ether oxygens (including phenoxy) is 1. The van der Waals surface area contributed by atoms with Crippen molar-refractivity contribution in [1.82, 2.24) is 21.5 Å². The first-order valence-corrected chi connectivity index (χ1v) is 8.85. The van der Waals surface area contributed by atoms with Crippen LogP contribution in [0.5, 0.6) is 5.75 Å². The van der Waals surface area contributed by atoms with Crippen LogP contribution in [0.2, 0.25) is 0 Å². The van der Waals surface area contributed by atoms with Crippen molar-refractivity contribution in [3.63, 3.8) is 0 Å². The Morgan fingerprint density at radius 2 is 2.26 bits per heavy atom. The molecule has 7 heteroatoms. The number of fused-ring (bicyclic) bond motifs is 1. The lowest BCUT2D eigenvalue weighted by Crippen LogP contribution is -2.50. The minimum absolute atomic E-state index is 0.0243. The molecule has 1 aromatic carbocycles. The number of nitrogens with one attached hydrogen (secondary N) is 4. The molecule has 2 aliphatic rings. The van der Waals surface area contributed by atoms with Gasteiger partial charge in [-0.3, -0.25) is 10.2 Å². The Bertz CT molecular complexity index is 557. The van der Waals surface area contributed by atoms with Crippen LogP contribution >= 0.6 is 15.9 Å². The highest BCUT2D eigenvalue weighted by Crippen LogP contribution is 2.24. The molecule has 2 aliphatic heterocycles.